The van der Waals surface area contributed by atoms with Crippen molar-refractivity contribution in [2.45, 2.75) is 38.8 Å². The maximum Gasteiger partial charge on any atom is 0.410 e. The van der Waals surface area contributed by atoms with E-state index in [1.165, 1.54) is 0 Å². The molecule has 1 saturated heterocycles. The monoisotopic (exact) mass is 319 g/mol. The fourth-order valence-corrected chi connectivity index (χ4v) is 2.49. The van der Waals surface area contributed by atoms with E-state index in [-0.39, 0.29) is 24.8 Å². The molecule has 1 aliphatic rings. The highest BCUT2D eigenvalue weighted by molar-refractivity contribution is 5.74. The second-order valence-corrected chi connectivity index (χ2v) is 5.70. The van der Waals surface area contributed by atoms with Crippen LogP contribution in [0, 0.1) is 0 Å². The van der Waals surface area contributed by atoms with Crippen molar-refractivity contribution in [2.75, 3.05) is 19.6 Å². The molecule has 0 aromatic heterocycles. The van der Waals surface area contributed by atoms with E-state index in [0.29, 0.717) is 19.6 Å². The maximum atomic E-state index is 12.0. The first-order valence-electron chi connectivity index (χ1n) is 8.19. The van der Waals surface area contributed by atoms with Gasteiger partial charge in [0.25, 0.3) is 0 Å². The Kier molecular flexibility index (Phi) is 6.72. The van der Waals surface area contributed by atoms with Gasteiger partial charge in [-0.1, -0.05) is 37.3 Å². The van der Waals surface area contributed by atoms with Gasteiger partial charge in [0.2, 0.25) is 0 Å². The molecule has 6 nitrogen and oxygen atoms in total. The first-order chi connectivity index (χ1) is 11.2. The fraction of sp³-hybridized carbons (Fsp3) is 0.529. The molecule has 0 spiro atoms. The molecule has 0 atom stereocenters. The Morgan fingerprint density at radius 1 is 1.22 bits per heavy atom. The molecule has 3 amide bonds. The third-order valence-electron chi connectivity index (χ3n) is 3.83. The Morgan fingerprint density at radius 2 is 1.91 bits per heavy atom. The number of ether oxygens (including phenoxy) is 1. The van der Waals surface area contributed by atoms with E-state index in [1.54, 1.807) is 4.90 Å². The molecule has 6 heteroatoms. The number of likely N-dealkylation sites (tertiary alicyclic amines) is 1. The van der Waals surface area contributed by atoms with Crippen molar-refractivity contribution >= 4 is 12.1 Å². The Bertz CT molecular complexity index is 499. The summed E-state index contributed by atoms with van der Waals surface area (Å²) in [7, 11) is 0. The zero-order chi connectivity index (χ0) is 16.5. The van der Waals surface area contributed by atoms with Gasteiger partial charge in [0.15, 0.2) is 0 Å². The molecule has 0 bridgehead atoms. The van der Waals surface area contributed by atoms with Gasteiger partial charge in [-0.25, -0.2) is 9.59 Å². The van der Waals surface area contributed by atoms with Crippen molar-refractivity contribution in [3.8, 4) is 0 Å². The molecule has 126 valence electrons. The summed E-state index contributed by atoms with van der Waals surface area (Å²) < 4.78 is 5.32. The van der Waals surface area contributed by atoms with Crippen molar-refractivity contribution in [1.29, 1.82) is 0 Å². The Labute approximate surface area is 137 Å². The van der Waals surface area contributed by atoms with Crippen molar-refractivity contribution in [3.05, 3.63) is 35.9 Å². The summed E-state index contributed by atoms with van der Waals surface area (Å²) >= 11 is 0. The second-order valence-electron chi connectivity index (χ2n) is 5.70. The zero-order valence-corrected chi connectivity index (χ0v) is 13.6. The number of hydrogen-bond donors (Lipinski definition) is 2. The summed E-state index contributed by atoms with van der Waals surface area (Å²) in [6.45, 7) is 4.19. The van der Waals surface area contributed by atoms with Gasteiger partial charge in [0, 0.05) is 25.7 Å². The molecule has 0 saturated carbocycles. The lowest BCUT2D eigenvalue weighted by Crippen LogP contribution is -2.49. The van der Waals surface area contributed by atoms with E-state index in [0.717, 1.165) is 24.8 Å². The quantitative estimate of drug-likeness (QED) is 0.876. The lowest BCUT2D eigenvalue weighted by Gasteiger charge is -2.31. The van der Waals surface area contributed by atoms with E-state index in [2.05, 4.69) is 10.6 Å². The minimum atomic E-state index is -0.289. The van der Waals surface area contributed by atoms with Crippen LogP contribution in [0.25, 0.3) is 0 Å². The van der Waals surface area contributed by atoms with Crippen LogP contribution in [0.1, 0.15) is 31.7 Å². The van der Waals surface area contributed by atoms with Gasteiger partial charge >= 0.3 is 12.1 Å². The number of nitrogens with one attached hydrogen (secondary N) is 2. The average molecular weight is 319 g/mol. The van der Waals surface area contributed by atoms with Crippen LogP contribution in [0.3, 0.4) is 0 Å². The Hall–Kier alpha value is -2.24. The Morgan fingerprint density at radius 3 is 2.57 bits per heavy atom. The first-order valence-corrected chi connectivity index (χ1v) is 8.19. The number of carbonyl (C=O) groups excluding carboxylic acids is 2. The van der Waals surface area contributed by atoms with Gasteiger partial charge in [-0.15, -0.1) is 0 Å². The molecule has 0 radical (unpaired) electrons. The molecule has 1 aromatic rings. The van der Waals surface area contributed by atoms with E-state index < -0.39 is 0 Å². The van der Waals surface area contributed by atoms with Crippen LogP contribution in [0.4, 0.5) is 9.59 Å². The van der Waals surface area contributed by atoms with Crippen LogP contribution in [-0.4, -0.2) is 42.7 Å². The molecule has 1 aliphatic heterocycles. The van der Waals surface area contributed by atoms with Crippen LogP contribution < -0.4 is 10.6 Å². The van der Waals surface area contributed by atoms with Crippen molar-refractivity contribution in [1.82, 2.24) is 15.5 Å². The number of carbonyl (C=O) groups is 2. The number of hydrogen-bond acceptors (Lipinski definition) is 3. The zero-order valence-electron chi connectivity index (χ0n) is 13.6. The number of rotatable bonds is 5. The lowest BCUT2D eigenvalue weighted by atomic mass is 10.1. The topological polar surface area (TPSA) is 70.7 Å². The van der Waals surface area contributed by atoms with Crippen LogP contribution in [0.5, 0.6) is 0 Å². The maximum absolute atomic E-state index is 12.0. The molecule has 23 heavy (non-hydrogen) atoms. The van der Waals surface area contributed by atoms with Crippen molar-refractivity contribution < 1.29 is 14.3 Å². The van der Waals surface area contributed by atoms with E-state index >= 15 is 0 Å². The normalized spacial score (nSPS) is 15.1. The van der Waals surface area contributed by atoms with Gasteiger partial charge in [0.05, 0.1) is 0 Å². The van der Waals surface area contributed by atoms with E-state index in [9.17, 15) is 9.59 Å². The number of nitrogens with zero attached hydrogens (tertiary/aromatic N) is 1. The largest absolute Gasteiger partial charge is 0.445 e. The minimum Gasteiger partial charge on any atom is -0.445 e. The number of piperidine rings is 1. The summed E-state index contributed by atoms with van der Waals surface area (Å²) in [6.07, 6.45) is 2.13. The molecule has 0 aliphatic carbocycles. The average Bonchev–Trinajstić information content (AvgIpc) is 2.59. The second kappa shape index (κ2) is 9.02. The van der Waals surface area contributed by atoms with E-state index in [1.807, 2.05) is 37.3 Å². The molecule has 1 heterocycles. The summed E-state index contributed by atoms with van der Waals surface area (Å²) in [5, 5.41) is 5.74. The standard InChI is InChI=1S/C17H25N3O3/c1-2-10-18-16(21)19-15-8-11-20(12-9-15)17(22)23-13-14-6-4-3-5-7-14/h3-7,15H,2,8-13H2,1H3,(H2,18,19,21). The highest BCUT2D eigenvalue weighted by Crippen LogP contribution is 2.12. The molecule has 2 N–H and O–H groups in total. The minimum absolute atomic E-state index is 0.116. The van der Waals surface area contributed by atoms with Gasteiger partial charge < -0.3 is 20.3 Å². The first kappa shape index (κ1) is 17.1. The predicted octanol–water partition coefficient (Wildman–Crippen LogP) is 2.50. The summed E-state index contributed by atoms with van der Waals surface area (Å²) in [6, 6.07) is 9.62. The van der Waals surface area contributed by atoms with Crippen molar-refractivity contribution in [2.24, 2.45) is 0 Å². The predicted molar refractivity (Wildman–Crippen MR) is 88.0 cm³/mol. The number of amides is 3. The van der Waals surface area contributed by atoms with Gasteiger partial charge in [-0.2, -0.15) is 0 Å². The van der Waals surface area contributed by atoms with Crippen molar-refractivity contribution in [3.63, 3.8) is 0 Å². The van der Waals surface area contributed by atoms with Crippen LogP contribution in [-0.2, 0) is 11.3 Å². The van der Waals surface area contributed by atoms with Crippen LogP contribution in [0.2, 0.25) is 0 Å². The van der Waals surface area contributed by atoms with Gasteiger partial charge in [-0.05, 0) is 24.8 Å². The summed E-state index contributed by atoms with van der Waals surface area (Å²) in [4.78, 5) is 25.4. The third kappa shape index (κ3) is 5.81. The molecule has 1 fully saturated rings. The third-order valence-corrected chi connectivity index (χ3v) is 3.83. The number of urea groups is 1. The highest BCUT2D eigenvalue weighted by atomic mass is 16.6. The van der Waals surface area contributed by atoms with Gasteiger partial charge in [0.1, 0.15) is 6.61 Å². The van der Waals surface area contributed by atoms with E-state index in [4.69, 9.17) is 4.74 Å². The molecule has 0 unspecified atom stereocenters. The molecular weight excluding hydrogens is 294 g/mol. The lowest BCUT2D eigenvalue weighted by molar-refractivity contribution is 0.0859. The molecule has 1 aromatic carbocycles. The summed E-state index contributed by atoms with van der Waals surface area (Å²) in [5.74, 6) is 0. The smallest absolute Gasteiger partial charge is 0.410 e. The molecule has 2 rings (SSSR count). The highest BCUT2D eigenvalue weighted by Gasteiger charge is 2.24. The summed E-state index contributed by atoms with van der Waals surface area (Å²) in [5.41, 5.74) is 0.977. The van der Waals surface area contributed by atoms with Crippen LogP contribution in [0.15, 0.2) is 30.3 Å². The molecular formula is C17H25N3O3. The van der Waals surface area contributed by atoms with Crippen LogP contribution >= 0.6 is 0 Å². The Balaban J connectivity index is 1.67. The SMILES string of the molecule is CCCNC(=O)NC1CCN(C(=O)OCc2ccccc2)CC1. The van der Waals surface area contributed by atoms with Gasteiger partial charge in [-0.3, -0.25) is 0 Å². The fourth-order valence-electron chi connectivity index (χ4n) is 2.49. The number of benzene rings is 1.